The molecule has 9 heteroatoms. The van der Waals surface area contributed by atoms with Gasteiger partial charge < -0.3 is 14.8 Å². The first kappa shape index (κ1) is 23.6. The molecule has 0 saturated carbocycles. The molecule has 1 aromatic heterocycles. The summed E-state index contributed by atoms with van der Waals surface area (Å²) in [7, 11) is -1.68. The molecule has 0 bridgehead atoms. The van der Waals surface area contributed by atoms with Crippen LogP contribution in [0.1, 0.15) is 40.9 Å². The zero-order chi connectivity index (χ0) is 24.1. The van der Waals surface area contributed by atoms with Gasteiger partial charge in [-0.2, -0.15) is 0 Å². The number of nitrogens with zero attached hydrogens (tertiary/aromatic N) is 2. The Morgan fingerprint density at radius 3 is 2.47 bits per heavy atom. The molecular weight excluding hydrogens is 454 g/mol. The fraction of sp³-hybridized carbons (Fsp3) is 0.280. The first-order chi connectivity index (χ1) is 16.4. The standard InChI is InChI=1S/C25H27N3O5S/c1-18(21-6-9-23(24(16-21)32-2)33-17-19-10-12-26-13-11-19)27-25(29)20-4-7-22(8-5-20)28-14-3-15-34(28,30)31/h4-13,16,18H,3,14-15,17H2,1-2H3,(H,27,29). The predicted octanol–water partition coefficient (Wildman–Crippen LogP) is 3.70. The average Bonchev–Trinajstić information content (AvgIpc) is 3.22. The van der Waals surface area contributed by atoms with Gasteiger partial charge >= 0.3 is 0 Å². The molecule has 1 unspecified atom stereocenters. The second kappa shape index (κ2) is 10.1. The molecule has 0 spiro atoms. The Bertz CT molecular complexity index is 1250. The number of benzene rings is 2. The number of carbonyl (C=O) groups excluding carboxylic acids is 1. The summed E-state index contributed by atoms with van der Waals surface area (Å²) < 4.78 is 37.0. The van der Waals surface area contributed by atoms with Crippen molar-refractivity contribution in [3.63, 3.8) is 0 Å². The van der Waals surface area contributed by atoms with E-state index in [0.29, 0.717) is 42.3 Å². The van der Waals surface area contributed by atoms with E-state index < -0.39 is 10.0 Å². The van der Waals surface area contributed by atoms with Gasteiger partial charge in [-0.25, -0.2) is 8.42 Å². The normalized spacial score (nSPS) is 15.5. The number of sulfonamides is 1. The molecule has 1 atom stereocenters. The average molecular weight is 482 g/mol. The zero-order valence-corrected chi connectivity index (χ0v) is 19.9. The molecule has 1 fully saturated rings. The summed E-state index contributed by atoms with van der Waals surface area (Å²) >= 11 is 0. The number of aromatic nitrogens is 1. The number of anilines is 1. The topological polar surface area (TPSA) is 97.8 Å². The second-order valence-electron chi connectivity index (χ2n) is 8.04. The van der Waals surface area contributed by atoms with Crippen LogP contribution in [0.25, 0.3) is 0 Å². The van der Waals surface area contributed by atoms with Gasteiger partial charge in [0, 0.05) is 24.5 Å². The third-order valence-corrected chi connectivity index (χ3v) is 7.57. The molecule has 1 N–H and O–H groups in total. The zero-order valence-electron chi connectivity index (χ0n) is 19.1. The van der Waals surface area contributed by atoms with Crippen LogP contribution in [0.5, 0.6) is 11.5 Å². The lowest BCUT2D eigenvalue weighted by molar-refractivity contribution is 0.0940. The van der Waals surface area contributed by atoms with Crippen molar-refractivity contribution < 1.29 is 22.7 Å². The monoisotopic (exact) mass is 481 g/mol. The van der Waals surface area contributed by atoms with Crippen molar-refractivity contribution in [2.75, 3.05) is 23.7 Å². The molecule has 178 valence electrons. The van der Waals surface area contributed by atoms with Gasteiger partial charge in [0.2, 0.25) is 10.0 Å². The fourth-order valence-electron chi connectivity index (χ4n) is 3.78. The molecule has 8 nitrogen and oxygen atoms in total. The quantitative estimate of drug-likeness (QED) is 0.527. The fourth-order valence-corrected chi connectivity index (χ4v) is 5.35. The van der Waals surface area contributed by atoms with Crippen LogP contribution >= 0.6 is 0 Å². The highest BCUT2D eigenvalue weighted by Crippen LogP contribution is 2.31. The van der Waals surface area contributed by atoms with Crippen LogP contribution < -0.4 is 19.1 Å². The van der Waals surface area contributed by atoms with Crippen LogP contribution in [-0.4, -0.2) is 38.7 Å². The van der Waals surface area contributed by atoms with E-state index in [9.17, 15) is 13.2 Å². The molecule has 1 saturated heterocycles. The Kier molecular flexibility index (Phi) is 7.02. The maximum atomic E-state index is 12.8. The summed E-state index contributed by atoms with van der Waals surface area (Å²) in [5, 5.41) is 2.97. The third kappa shape index (κ3) is 5.31. The van der Waals surface area contributed by atoms with E-state index in [1.165, 1.54) is 4.31 Å². The molecule has 3 aromatic rings. The van der Waals surface area contributed by atoms with Crippen molar-refractivity contribution in [1.82, 2.24) is 10.3 Å². The van der Waals surface area contributed by atoms with E-state index in [-0.39, 0.29) is 17.7 Å². The summed E-state index contributed by atoms with van der Waals surface area (Å²) in [5.74, 6) is 1.09. The van der Waals surface area contributed by atoms with Gasteiger partial charge in [0.25, 0.3) is 5.91 Å². The lowest BCUT2D eigenvalue weighted by Gasteiger charge is -2.19. The Balaban J connectivity index is 1.40. The van der Waals surface area contributed by atoms with Crippen LogP contribution in [0.4, 0.5) is 5.69 Å². The van der Waals surface area contributed by atoms with E-state index >= 15 is 0 Å². The number of amides is 1. The third-order valence-electron chi connectivity index (χ3n) is 5.70. The Hall–Kier alpha value is -3.59. The minimum Gasteiger partial charge on any atom is -0.493 e. The van der Waals surface area contributed by atoms with E-state index in [1.807, 2.05) is 37.3 Å². The smallest absolute Gasteiger partial charge is 0.251 e. The van der Waals surface area contributed by atoms with Gasteiger partial charge in [-0.05, 0) is 73.0 Å². The van der Waals surface area contributed by atoms with Gasteiger partial charge in [-0.3, -0.25) is 14.1 Å². The number of hydrogen-bond acceptors (Lipinski definition) is 6. The molecule has 1 aliphatic heterocycles. The molecule has 0 radical (unpaired) electrons. The molecule has 2 aromatic carbocycles. The van der Waals surface area contributed by atoms with Crippen molar-refractivity contribution in [3.05, 3.63) is 83.7 Å². The number of pyridine rings is 1. The molecule has 1 aliphatic rings. The summed E-state index contributed by atoms with van der Waals surface area (Å²) in [6, 6.07) is 15.7. The molecule has 4 rings (SSSR count). The number of methoxy groups -OCH3 is 1. The molecule has 0 aliphatic carbocycles. The summed E-state index contributed by atoms with van der Waals surface area (Å²) in [4.78, 5) is 16.8. The van der Waals surface area contributed by atoms with Crippen LogP contribution in [0, 0.1) is 0 Å². The number of carbonyl (C=O) groups is 1. The van der Waals surface area contributed by atoms with Crippen molar-refractivity contribution >= 4 is 21.6 Å². The summed E-state index contributed by atoms with van der Waals surface area (Å²) in [6.45, 7) is 2.74. The van der Waals surface area contributed by atoms with Gasteiger partial charge in [-0.15, -0.1) is 0 Å². The minimum absolute atomic E-state index is 0.157. The van der Waals surface area contributed by atoms with Crippen LogP contribution in [0.2, 0.25) is 0 Å². The minimum atomic E-state index is -3.25. The van der Waals surface area contributed by atoms with Crippen LogP contribution in [0.3, 0.4) is 0 Å². The molecule has 34 heavy (non-hydrogen) atoms. The van der Waals surface area contributed by atoms with Crippen molar-refractivity contribution in [2.24, 2.45) is 0 Å². The highest BCUT2D eigenvalue weighted by Gasteiger charge is 2.28. The largest absolute Gasteiger partial charge is 0.493 e. The van der Waals surface area contributed by atoms with E-state index in [2.05, 4.69) is 10.3 Å². The lowest BCUT2D eigenvalue weighted by atomic mass is 10.1. The van der Waals surface area contributed by atoms with Gasteiger partial charge in [0.1, 0.15) is 6.61 Å². The first-order valence-corrected chi connectivity index (χ1v) is 12.6. The molecular formula is C25H27N3O5S. The lowest BCUT2D eigenvalue weighted by Crippen LogP contribution is -2.27. The summed E-state index contributed by atoms with van der Waals surface area (Å²) in [6.07, 6.45) is 4.04. The number of hydrogen-bond donors (Lipinski definition) is 1. The van der Waals surface area contributed by atoms with Crippen molar-refractivity contribution in [3.8, 4) is 11.5 Å². The Morgan fingerprint density at radius 2 is 1.82 bits per heavy atom. The number of nitrogens with one attached hydrogen (secondary N) is 1. The van der Waals surface area contributed by atoms with Gasteiger partial charge in [0.05, 0.1) is 24.6 Å². The highest BCUT2D eigenvalue weighted by molar-refractivity contribution is 7.93. The second-order valence-corrected chi connectivity index (χ2v) is 10.1. The van der Waals surface area contributed by atoms with E-state index in [1.54, 1.807) is 43.8 Å². The van der Waals surface area contributed by atoms with Crippen LogP contribution in [-0.2, 0) is 16.6 Å². The van der Waals surface area contributed by atoms with Gasteiger partial charge in [0.15, 0.2) is 11.5 Å². The SMILES string of the molecule is COc1cc(C(C)NC(=O)c2ccc(N3CCCS3(=O)=O)cc2)ccc1OCc1ccncc1. The Labute approximate surface area is 199 Å². The number of ether oxygens (including phenoxy) is 2. The van der Waals surface area contributed by atoms with E-state index in [0.717, 1.165) is 11.1 Å². The van der Waals surface area contributed by atoms with E-state index in [4.69, 9.17) is 9.47 Å². The first-order valence-electron chi connectivity index (χ1n) is 11.0. The predicted molar refractivity (Wildman–Crippen MR) is 130 cm³/mol. The maximum absolute atomic E-state index is 12.8. The summed E-state index contributed by atoms with van der Waals surface area (Å²) in [5.41, 5.74) is 2.89. The number of rotatable bonds is 8. The van der Waals surface area contributed by atoms with Crippen LogP contribution in [0.15, 0.2) is 67.0 Å². The Morgan fingerprint density at radius 1 is 1.09 bits per heavy atom. The highest BCUT2D eigenvalue weighted by atomic mass is 32.2. The van der Waals surface area contributed by atoms with Gasteiger partial charge in [-0.1, -0.05) is 6.07 Å². The molecule has 2 heterocycles. The van der Waals surface area contributed by atoms with Crippen molar-refractivity contribution in [2.45, 2.75) is 26.0 Å². The molecule has 1 amide bonds. The van der Waals surface area contributed by atoms with Crippen molar-refractivity contribution in [1.29, 1.82) is 0 Å². The maximum Gasteiger partial charge on any atom is 0.251 e.